The number of unbranched alkanes of at least 4 members (excludes halogenated alkanes) is 1. The van der Waals surface area contributed by atoms with Crippen LogP contribution in [0, 0.1) is 5.41 Å². The van der Waals surface area contributed by atoms with E-state index in [9.17, 15) is 0 Å². The van der Waals surface area contributed by atoms with E-state index >= 15 is 0 Å². The number of methoxy groups -OCH3 is 1. The number of ether oxygens (including phenoxy) is 2. The fraction of sp³-hybridized carbons (Fsp3) is 0.778. The van der Waals surface area contributed by atoms with Crippen molar-refractivity contribution in [2.75, 3.05) is 75.9 Å². The fourth-order valence-electron chi connectivity index (χ4n) is 5.69. The molecule has 1 aromatic carbocycles. The van der Waals surface area contributed by atoms with E-state index < -0.39 is 0 Å². The number of hydrogen-bond donors (Lipinski definition) is 0. The SMILES string of the molecule is CCCCN1CCN(c2cc(OC)c(N3CCOCC3)cc2C2CCC(C)(C)CC2)CC1.Cl. The number of piperazine rings is 1. The first-order valence-electron chi connectivity index (χ1n) is 13.0. The molecule has 5 nitrogen and oxygen atoms in total. The largest absolute Gasteiger partial charge is 0.495 e. The Morgan fingerprint density at radius 2 is 1.58 bits per heavy atom. The van der Waals surface area contributed by atoms with Crippen molar-refractivity contribution in [1.82, 2.24) is 4.90 Å². The van der Waals surface area contributed by atoms with Crippen molar-refractivity contribution < 1.29 is 9.47 Å². The summed E-state index contributed by atoms with van der Waals surface area (Å²) in [4.78, 5) is 7.75. The van der Waals surface area contributed by atoms with Crippen molar-refractivity contribution in [3.05, 3.63) is 17.7 Å². The summed E-state index contributed by atoms with van der Waals surface area (Å²) in [5.74, 6) is 1.68. The van der Waals surface area contributed by atoms with Crippen LogP contribution in [0.1, 0.15) is 70.8 Å². The average Bonchev–Trinajstić information content (AvgIpc) is 2.83. The predicted molar refractivity (Wildman–Crippen MR) is 142 cm³/mol. The maximum atomic E-state index is 5.96. The fourth-order valence-corrected chi connectivity index (χ4v) is 5.69. The highest BCUT2D eigenvalue weighted by Crippen LogP contribution is 2.47. The van der Waals surface area contributed by atoms with Crippen molar-refractivity contribution in [2.45, 2.75) is 65.2 Å². The molecule has 2 aliphatic heterocycles. The van der Waals surface area contributed by atoms with Crippen LogP contribution >= 0.6 is 12.4 Å². The molecule has 1 aliphatic carbocycles. The highest BCUT2D eigenvalue weighted by atomic mass is 35.5. The number of hydrogen-bond acceptors (Lipinski definition) is 5. The van der Waals surface area contributed by atoms with Crippen LogP contribution < -0.4 is 14.5 Å². The number of halogens is 1. The monoisotopic (exact) mass is 479 g/mol. The number of benzene rings is 1. The second-order valence-electron chi connectivity index (χ2n) is 10.8. The number of nitrogens with zero attached hydrogens (tertiary/aromatic N) is 3. The molecule has 0 spiro atoms. The first-order chi connectivity index (χ1) is 15.5. The molecule has 2 heterocycles. The topological polar surface area (TPSA) is 28.2 Å². The van der Waals surface area contributed by atoms with E-state index in [-0.39, 0.29) is 12.4 Å². The van der Waals surface area contributed by atoms with E-state index in [0.29, 0.717) is 11.3 Å². The molecular weight excluding hydrogens is 434 g/mol. The Labute approximate surface area is 208 Å². The van der Waals surface area contributed by atoms with Gasteiger partial charge in [0.05, 0.1) is 26.0 Å². The van der Waals surface area contributed by atoms with Gasteiger partial charge in [-0.25, -0.2) is 0 Å². The van der Waals surface area contributed by atoms with Gasteiger partial charge in [0.2, 0.25) is 0 Å². The van der Waals surface area contributed by atoms with Gasteiger partial charge >= 0.3 is 0 Å². The molecule has 33 heavy (non-hydrogen) atoms. The zero-order valence-electron chi connectivity index (χ0n) is 21.4. The number of anilines is 2. The van der Waals surface area contributed by atoms with Gasteiger partial charge in [-0.1, -0.05) is 27.2 Å². The van der Waals surface area contributed by atoms with Gasteiger partial charge < -0.3 is 19.3 Å². The first-order valence-corrected chi connectivity index (χ1v) is 13.0. The molecule has 0 N–H and O–H groups in total. The van der Waals surface area contributed by atoms with Gasteiger partial charge in [-0.15, -0.1) is 12.4 Å². The first kappa shape index (κ1) is 26.4. The van der Waals surface area contributed by atoms with Crippen molar-refractivity contribution >= 4 is 23.8 Å². The molecule has 2 saturated heterocycles. The van der Waals surface area contributed by atoms with Crippen molar-refractivity contribution in [2.24, 2.45) is 5.41 Å². The molecule has 0 aromatic heterocycles. The van der Waals surface area contributed by atoms with Crippen LogP contribution in [0.3, 0.4) is 0 Å². The van der Waals surface area contributed by atoms with Crippen molar-refractivity contribution in [3.8, 4) is 5.75 Å². The second kappa shape index (κ2) is 12.0. The summed E-state index contributed by atoms with van der Waals surface area (Å²) >= 11 is 0. The Morgan fingerprint density at radius 1 is 0.939 bits per heavy atom. The molecule has 1 aromatic rings. The number of rotatable bonds is 7. The molecule has 1 saturated carbocycles. The third-order valence-corrected chi connectivity index (χ3v) is 8.00. The molecule has 3 fully saturated rings. The molecule has 0 amide bonds. The Hall–Kier alpha value is -1.17. The molecular formula is C27H46ClN3O2. The highest BCUT2D eigenvalue weighted by Gasteiger charge is 2.32. The van der Waals surface area contributed by atoms with Gasteiger partial charge in [-0.2, -0.15) is 0 Å². The normalized spacial score (nSPS) is 22.2. The lowest BCUT2D eigenvalue weighted by molar-refractivity contribution is 0.122. The Balaban J connectivity index is 0.00000306. The van der Waals surface area contributed by atoms with Crippen molar-refractivity contribution in [1.29, 1.82) is 0 Å². The highest BCUT2D eigenvalue weighted by molar-refractivity contribution is 5.85. The summed E-state index contributed by atoms with van der Waals surface area (Å²) in [6, 6.07) is 4.85. The Kier molecular flexibility index (Phi) is 9.61. The van der Waals surface area contributed by atoms with E-state index in [1.54, 1.807) is 5.56 Å². The maximum Gasteiger partial charge on any atom is 0.144 e. The van der Waals surface area contributed by atoms with E-state index in [1.165, 1.54) is 69.5 Å². The summed E-state index contributed by atoms with van der Waals surface area (Å²) in [7, 11) is 1.83. The van der Waals surface area contributed by atoms with Crippen LogP contribution in [0.4, 0.5) is 11.4 Å². The van der Waals surface area contributed by atoms with E-state index in [1.807, 2.05) is 7.11 Å². The molecule has 4 rings (SSSR count). The molecule has 0 bridgehead atoms. The molecule has 0 radical (unpaired) electrons. The lowest BCUT2D eigenvalue weighted by atomic mass is 9.71. The smallest absolute Gasteiger partial charge is 0.144 e. The van der Waals surface area contributed by atoms with Crippen LogP contribution in [-0.2, 0) is 4.74 Å². The second-order valence-corrected chi connectivity index (χ2v) is 10.8. The standard InChI is InChI=1S/C27H45N3O2.ClH/c1-5-6-11-28-12-14-29(15-13-28)24-21-26(31-4)25(30-16-18-32-19-17-30)20-23(24)22-7-9-27(2,3)10-8-22;/h20-22H,5-19H2,1-4H3;1H. The summed E-state index contributed by atoms with van der Waals surface area (Å²) in [6.07, 6.45) is 7.83. The predicted octanol–water partition coefficient (Wildman–Crippen LogP) is 5.56. The van der Waals surface area contributed by atoms with Crippen LogP contribution in [-0.4, -0.2) is 71.0 Å². The van der Waals surface area contributed by atoms with E-state index in [4.69, 9.17) is 9.47 Å². The van der Waals surface area contributed by atoms with Gasteiger partial charge in [-0.3, -0.25) is 4.90 Å². The Morgan fingerprint density at radius 3 is 2.18 bits per heavy atom. The lowest BCUT2D eigenvalue weighted by Crippen LogP contribution is -2.47. The lowest BCUT2D eigenvalue weighted by Gasteiger charge is -2.41. The Bertz CT molecular complexity index is 733. The number of morpholine rings is 1. The minimum absolute atomic E-state index is 0. The third-order valence-electron chi connectivity index (χ3n) is 8.00. The summed E-state index contributed by atoms with van der Waals surface area (Å²) in [5, 5.41) is 0. The molecule has 0 unspecified atom stereocenters. The zero-order chi connectivity index (χ0) is 22.6. The van der Waals surface area contributed by atoms with Crippen LogP contribution in [0.25, 0.3) is 0 Å². The minimum Gasteiger partial charge on any atom is -0.495 e. The van der Waals surface area contributed by atoms with Crippen LogP contribution in [0.15, 0.2) is 12.1 Å². The quantitative estimate of drug-likeness (QED) is 0.510. The van der Waals surface area contributed by atoms with Gasteiger partial charge in [0.1, 0.15) is 5.75 Å². The summed E-state index contributed by atoms with van der Waals surface area (Å²) in [5.41, 5.74) is 4.74. The molecule has 0 atom stereocenters. The van der Waals surface area contributed by atoms with Crippen LogP contribution in [0.2, 0.25) is 0 Å². The molecule has 3 aliphatic rings. The van der Waals surface area contributed by atoms with Gasteiger partial charge in [0, 0.05) is 51.0 Å². The maximum absolute atomic E-state index is 5.96. The van der Waals surface area contributed by atoms with Crippen molar-refractivity contribution in [3.63, 3.8) is 0 Å². The van der Waals surface area contributed by atoms with E-state index in [2.05, 4.69) is 47.6 Å². The van der Waals surface area contributed by atoms with Gasteiger partial charge in [0.15, 0.2) is 0 Å². The molecule has 6 heteroatoms. The van der Waals surface area contributed by atoms with E-state index in [0.717, 1.165) is 45.1 Å². The summed E-state index contributed by atoms with van der Waals surface area (Å²) < 4.78 is 11.6. The van der Waals surface area contributed by atoms with Gasteiger partial charge in [-0.05, 0) is 61.6 Å². The molecule has 188 valence electrons. The third kappa shape index (κ3) is 6.49. The van der Waals surface area contributed by atoms with Crippen LogP contribution in [0.5, 0.6) is 5.75 Å². The average molecular weight is 480 g/mol. The minimum atomic E-state index is 0. The zero-order valence-corrected chi connectivity index (χ0v) is 22.2. The van der Waals surface area contributed by atoms with Gasteiger partial charge in [0.25, 0.3) is 0 Å². The summed E-state index contributed by atoms with van der Waals surface area (Å²) in [6.45, 7) is 16.5.